The Kier molecular flexibility index (Phi) is 3.14. The summed E-state index contributed by atoms with van der Waals surface area (Å²) >= 11 is 0. The summed E-state index contributed by atoms with van der Waals surface area (Å²) in [5.41, 5.74) is 2.11. The lowest BCUT2D eigenvalue weighted by molar-refractivity contribution is -0.118. The highest BCUT2D eigenvalue weighted by Gasteiger charge is 2.07. The van der Waals surface area contributed by atoms with Crippen LogP contribution in [0.15, 0.2) is 36.4 Å². The van der Waals surface area contributed by atoms with Crippen LogP contribution >= 0.6 is 0 Å². The fourth-order valence-electron chi connectivity index (χ4n) is 1.73. The first kappa shape index (κ1) is 11.6. The van der Waals surface area contributed by atoms with Crippen LogP contribution in [0.1, 0.15) is 19.4 Å². The summed E-state index contributed by atoms with van der Waals surface area (Å²) in [5, 5.41) is 5.26. The molecule has 0 heterocycles. The maximum absolute atomic E-state index is 11.6. The third kappa shape index (κ3) is 2.64. The van der Waals surface area contributed by atoms with Gasteiger partial charge >= 0.3 is 0 Å². The van der Waals surface area contributed by atoms with E-state index in [4.69, 9.17) is 0 Å². The molecule has 0 radical (unpaired) electrons. The van der Waals surface area contributed by atoms with E-state index in [-0.39, 0.29) is 11.8 Å². The van der Waals surface area contributed by atoms with Crippen LogP contribution in [-0.2, 0) is 4.79 Å². The van der Waals surface area contributed by atoms with Crippen molar-refractivity contribution in [1.82, 2.24) is 0 Å². The van der Waals surface area contributed by atoms with Crippen LogP contribution in [0, 0.1) is 12.8 Å². The molecule has 0 saturated heterocycles. The molecule has 0 aliphatic carbocycles. The second-order valence-electron chi connectivity index (χ2n) is 4.71. The Labute approximate surface area is 102 Å². The minimum atomic E-state index is 0.00344. The lowest BCUT2D eigenvalue weighted by Gasteiger charge is -2.08. The Bertz CT molecular complexity index is 558. The molecule has 2 aromatic rings. The van der Waals surface area contributed by atoms with E-state index < -0.39 is 0 Å². The molecule has 0 spiro atoms. The monoisotopic (exact) mass is 227 g/mol. The number of carbonyl (C=O) groups excluding carboxylic acids is 1. The Morgan fingerprint density at radius 2 is 1.71 bits per heavy atom. The largest absolute Gasteiger partial charge is 0.326 e. The van der Waals surface area contributed by atoms with Crippen LogP contribution in [0.4, 0.5) is 5.69 Å². The van der Waals surface area contributed by atoms with Crippen molar-refractivity contribution in [2.45, 2.75) is 20.8 Å². The summed E-state index contributed by atoms with van der Waals surface area (Å²) in [5.74, 6) is 0.0557. The summed E-state index contributed by atoms with van der Waals surface area (Å²) in [4.78, 5) is 11.6. The lowest BCUT2D eigenvalue weighted by atomic mass is 10.1. The summed E-state index contributed by atoms with van der Waals surface area (Å²) in [6.45, 7) is 5.85. The number of carbonyl (C=O) groups is 1. The van der Waals surface area contributed by atoms with E-state index in [2.05, 4.69) is 30.4 Å². The van der Waals surface area contributed by atoms with Crippen LogP contribution in [0.25, 0.3) is 10.8 Å². The van der Waals surface area contributed by atoms with E-state index in [1.165, 1.54) is 10.9 Å². The number of benzene rings is 2. The number of hydrogen-bond donors (Lipinski definition) is 1. The normalized spacial score (nSPS) is 10.8. The van der Waals surface area contributed by atoms with Crippen molar-refractivity contribution in [2.24, 2.45) is 5.92 Å². The predicted octanol–water partition coefficient (Wildman–Crippen LogP) is 3.74. The van der Waals surface area contributed by atoms with Gasteiger partial charge in [-0.1, -0.05) is 43.7 Å². The average Bonchev–Trinajstić information content (AvgIpc) is 2.29. The molecule has 2 nitrogen and oxygen atoms in total. The number of anilines is 1. The molecule has 1 N–H and O–H groups in total. The highest BCUT2D eigenvalue weighted by Crippen LogP contribution is 2.20. The van der Waals surface area contributed by atoms with Crippen LogP contribution in [0.5, 0.6) is 0 Å². The van der Waals surface area contributed by atoms with Crippen molar-refractivity contribution in [2.75, 3.05) is 5.32 Å². The maximum Gasteiger partial charge on any atom is 0.226 e. The summed E-state index contributed by atoms with van der Waals surface area (Å²) < 4.78 is 0. The number of fused-ring (bicyclic) bond motifs is 1. The lowest BCUT2D eigenvalue weighted by Crippen LogP contribution is -2.17. The number of hydrogen-bond acceptors (Lipinski definition) is 1. The quantitative estimate of drug-likeness (QED) is 0.831. The van der Waals surface area contributed by atoms with E-state index >= 15 is 0 Å². The Morgan fingerprint density at radius 3 is 2.41 bits per heavy atom. The first-order chi connectivity index (χ1) is 8.06. The Hall–Kier alpha value is -1.83. The molecule has 88 valence electrons. The van der Waals surface area contributed by atoms with Crippen molar-refractivity contribution in [3.05, 3.63) is 42.0 Å². The number of rotatable bonds is 2. The van der Waals surface area contributed by atoms with Crippen molar-refractivity contribution in [3.8, 4) is 0 Å². The SMILES string of the molecule is Cc1ccc2cc(NC(=O)C(C)C)ccc2c1. The first-order valence-corrected chi connectivity index (χ1v) is 5.87. The fraction of sp³-hybridized carbons (Fsp3) is 0.267. The minimum absolute atomic E-state index is 0.00344. The van der Waals surface area contributed by atoms with Gasteiger partial charge in [-0.25, -0.2) is 0 Å². The average molecular weight is 227 g/mol. The van der Waals surface area contributed by atoms with E-state index in [9.17, 15) is 4.79 Å². The number of aryl methyl sites for hydroxylation is 1. The van der Waals surface area contributed by atoms with Crippen LogP contribution in [0.3, 0.4) is 0 Å². The highest BCUT2D eigenvalue weighted by molar-refractivity contribution is 5.95. The molecule has 0 aliphatic heterocycles. The van der Waals surface area contributed by atoms with Gasteiger partial charge in [-0.3, -0.25) is 4.79 Å². The highest BCUT2D eigenvalue weighted by atomic mass is 16.1. The van der Waals surface area contributed by atoms with Gasteiger partial charge in [0, 0.05) is 11.6 Å². The van der Waals surface area contributed by atoms with Gasteiger partial charge in [0.25, 0.3) is 0 Å². The summed E-state index contributed by atoms with van der Waals surface area (Å²) in [6, 6.07) is 12.3. The molecule has 2 aromatic carbocycles. The standard InChI is InChI=1S/C15H17NO/c1-10(2)15(17)16-14-7-6-12-8-11(3)4-5-13(12)9-14/h4-10H,1-3H3,(H,16,17). The molecule has 0 saturated carbocycles. The molecule has 0 fully saturated rings. The molecule has 0 atom stereocenters. The Morgan fingerprint density at radius 1 is 1.06 bits per heavy atom. The molecular weight excluding hydrogens is 210 g/mol. The van der Waals surface area contributed by atoms with Gasteiger partial charge in [0.15, 0.2) is 0 Å². The van der Waals surface area contributed by atoms with Crippen LogP contribution in [-0.4, -0.2) is 5.91 Å². The third-order valence-corrected chi connectivity index (χ3v) is 2.79. The van der Waals surface area contributed by atoms with E-state index in [1.807, 2.05) is 32.0 Å². The topological polar surface area (TPSA) is 29.1 Å². The second-order valence-corrected chi connectivity index (χ2v) is 4.71. The van der Waals surface area contributed by atoms with E-state index in [0.29, 0.717) is 0 Å². The van der Waals surface area contributed by atoms with Gasteiger partial charge in [-0.05, 0) is 29.8 Å². The molecule has 0 aliphatic rings. The van der Waals surface area contributed by atoms with Crippen molar-refractivity contribution in [1.29, 1.82) is 0 Å². The molecule has 2 heteroatoms. The Balaban J connectivity index is 2.32. The minimum Gasteiger partial charge on any atom is -0.326 e. The van der Waals surface area contributed by atoms with Gasteiger partial charge < -0.3 is 5.32 Å². The summed E-state index contributed by atoms with van der Waals surface area (Å²) in [6.07, 6.45) is 0. The molecule has 0 unspecified atom stereocenters. The molecule has 0 bridgehead atoms. The molecule has 17 heavy (non-hydrogen) atoms. The summed E-state index contributed by atoms with van der Waals surface area (Å²) in [7, 11) is 0. The number of nitrogens with one attached hydrogen (secondary N) is 1. The van der Waals surface area contributed by atoms with Crippen LogP contribution < -0.4 is 5.32 Å². The van der Waals surface area contributed by atoms with Gasteiger partial charge in [0.2, 0.25) is 5.91 Å². The number of amides is 1. The van der Waals surface area contributed by atoms with Crippen LogP contribution in [0.2, 0.25) is 0 Å². The van der Waals surface area contributed by atoms with E-state index in [1.54, 1.807) is 0 Å². The van der Waals surface area contributed by atoms with Gasteiger partial charge in [0.05, 0.1) is 0 Å². The molecule has 1 amide bonds. The van der Waals surface area contributed by atoms with Gasteiger partial charge in [0.1, 0.15) is 0 Å². The predicted molar refractivity (Wildman–Crippen MR) is 72.2 cm³/mol. The van der Waals surface area contributed by atoms with E-state index in [0.717, 1.165) is 11.1 Å². The molecule has 0 aromatic heterocycles. The second kappa shape index (κ2) is 4.58. The third-order valence-electron chi connectivity index (χ3n) is 2.79. The molecule has 2 rings (SSSR count). The fourth-order valence-corrected chi connectivity index (χ4v) is 1.73. The maximum atomic E-state index is 11.6. The van der Waals surface area contributed by atoms with Gasteiger partial charge in [-0.2, -0.15) is 0 Å². The zero-order valence-corrected chi connectivity index (χ0v) is 10.4. The van der Waals surface area contributed by atoms with Crippen molar-refractivity contribution >= 4 is 22.4 Å². The zero-order chi connectivity index (χ0) is 12.4. The zero-order valence-electron chi connectivity index (χ0n) is 10.4. The van der Waals surface area contributed by atoms with Crippen molar-refractivity contribution in [3.63, 3.8) is 0 Å². The first-order valence-electron chi connectivity index (χ1n) is 5.87. The molecular formula is C15H17NO. The smallest absolute Gasteiger partial charge is 0.226 e. The van der Waals surface area contributed by atoms with Crippen molar-refractivity contribution < 1.29 is 4.79 Å². The van der Waals surface area contributed by atoms with Gasteiger partial charge in [-0.15, -0.1) is 0 Å².